The highest BCUT2D eigenvalue weighted by atomic mass is 35.5. The minimum Gasteiger partial charge on any atom is -0.355 e. The largest absolute Gasteiger partial charge is 0.355 e. The first kappa shape index (κ1) is 23.3. The third kappa shape index (κ3) is 4.44. The Hall–Kier alpha value is -2.49. The number of hydrogen-bond donors (Lipinski definition) is 2. The molecule has 0 saturated carbocycles. The van der Waals surface area contributed by atoms with Crippen molar-refractivity contribution in [2.75, 3.05) is 35.5 Å². The lowest BCUT2D eigenvalue weighted by Gasteiger charge is -2.35. The maximum absolute atomic E-state index is 13.7. The molecule has 2 fully saturated rings. The molecule has 1 aromatic carbocycles. The van der Waals surface area contributed by atoms with Gasteiger partial charge in [-0.1, -0.05) is 23.5 Å². The second-order valence-electron chi connectivity index (χ2n) is 9.12. The number of rotatable bonds is 5. The van der Waals surface area contributed by atoms with Crippen LogP contribution in [-0.4, -0.2) is 57.3 Å². The van der Waals surface area contributed by atoms with Crippen LogP contribution in [0.4, 0.5) is 11.5 Å². The Kier molecular flexibility index (Phi) is 6.59. The Bertz CT molecular complexity index is 1220. The van der Waals surface area contributed by atoms with Crippen LogP contribution in [0.3, 0.4) is 0 Å². The Morgan fingerprint density at radius 3 is 2.85 bits per heavy atom. The predicted octanol–water partition coefficient (Wildman–Crippen LogP) is 4.29. The quantitative estimate of drug-likeness (QED) is 0.506. The van der Waals surface area contributed by atoms with Crippen molar-refractivity contribution in [3.8, 4) is 0 Å². The highest BCUT2D eigenvalue weighted by molar-refractivity contribution is 7.99. The van der Waals surface area contributed by atoms with E-state index in [1.165, 1.54) is 11.9 Å². The van der Waals surface area contributed by atoms with E-state index in [0.29, 0.717) is 17.1 Å². The predicted molar refractivity (Wildman–Crippen MR) is 139 cm³/mol. The molecule has 3 N–H and O–H groups in total. The number of fused-ring (bicyclic) bond motifs is 1. The van der Waals surface area contributed by atoms with Gasteiger partial charge in [0.15, 0.2) is 5.65 Å². The maximum Gasteiger partial charge on any atom is 0.256 e. The number of aromatic nitrogens is 3. The number of nitrogens with zero attached hydrogens (tertiary/aromatic N) is 5. The number of carbonyl (C=O) groups is 1. The standard InChI is InChI=1S/C24H30ClN7OS/c1-15-13-32-22(27-23(15)30-10-8-17(26)14-30)12-20(28-32)21-5-3-4-9-31(21)24(33)18-11-16(25)6-7-19(18)29-34-2/h6-7,11-13,17,21,29H,3-5,8-10,14,26H2,1-2H3. The minimum absolute atomic E-state index is 0.0308. The van der Waals surface area contributed by atoms with Gasteiger partial charge in [0.1, 0.15) is 5.82 Å². The van der Waals surface area contributed by atoms with Crippen molar-refractivity contribution in [2.45, 2.75) is 44.7 Å². The van der Waals surface area contributed by atoms with E-state index in [-0.39, 0.29) is 18.0 Å². The van der Waals surface area contributed by atoms with Gasteiger partial charge in [0.05, 0.1) is 23.0 Å². The van der Waals surface area contributed by atoms with Crippen LogP contribution in [0, 0.1) is 6.92 Å². The number of amides is 1. The molecule has 2 aliphatic heterocycles. The molecule has 2 aliphatic rings. The molecule has 0 aliphatic carbocycles. The molecule has 2 aromatic heterocycles. The summed E-state index contributed by atoms with van der Waals surface area (Å²) in [5.41, 5.74) is 10.2. The molecule has 10 heteroatoms. The molecule has 0 bridgehead atoms. The summed E-state index contributed by atoms with van der Waals surface area (Å²) in [6.45, 7) is 4.49. The normalized spacial score (nSPS) is 20.8. The van der Waals surface area contributed by atoms with Crippen LogP contribution in [0.2, 0.25) is 5.02 Å². The number of halogens is 1. The molecule has 3 aromatic rings. The van der Waals surface area contributed by atoms with Gasteiger partial charge in [0, 0.05) is 54.8 Å². The molecule has 180 valence electrons. The molecule has 4 heterocycles. The summed E-state index contributed by atoms with van der Waals surface area (Å²) in [6.07, 6.45) is 7.83. The lowest BCUT2D eigenvalue weighted by molar-refractivity contribution is 0.0607. The highest BCUT2D eigenvalue weighted by Crippen LogP contribution is 2.34. The average molecular weight is 500 g/mol. The second kappa shape index (κ2) is 9.64. The topological polar surface area (TPSA) is 91.8 Å². The molecule has 0 radical (unpaired) electrons. The average Bonchev–Trinajstić information content (AvgIpc) is 3.45. The van der Waals surface area contributed by atoms with E-state index in [1.54, 1.807) is 12.1 Å². The van der Waals surface area contributed by atoms with Crippen LogP contribution in [0.25, 0.3) is 5.65 Å². The molecule has 0 spiro atoms. The van der Waals surface area contributed by atoms with E-state index >= 15 is 0 Å². The summed E-state index contributed by atoms with van der Waals surface area (Å²) < 4.78 is 5.04. The van der Waals surface area contributed by atoms with Crippen LogP contribution in [0.1, 0.15) is 53.3 Å². The zero-order valence-electron chi connectivity index (χ0n) is 19.5. The van der Waals surface area contributed by atoms with E-state index in [0.717, 1.165) is 67.2 Å². The van der Waals surface area contributed by atoms with Crippen molar-refractivity contribution in [3.05, 3.63) is 52.3 Å². The number of likely N-dealkylation sites (tertiary alicyclic amines) is 1. The van der Waals surface area contributed by atoms with Gasteiger partial charge in [-0.15, -0.1) is 0 Å². The highest BCUT2D eigenvalue weighted by Gasteiger charge is 2.32. The monoisotopic (exact) mass is 499 g/mol. The minimum atomic E-state index is -0.104. The van der Waals surface area contributed by atoms with Crippen LogP contribution < -0.4 is 15.4 Å². The van der Waals surface area contributed by atoms with Gasteiger partial charge >= 0.3 is 0 Å². The number of hydrogen-bond acceptors (Lipinski definition) is 7. The molecule has 34 heavy (non-hydrogen) atoms. The zero-order chi connectivity index (χ0) is 23.8. The van der Waals surface area contributed by atoms with E-state index in [2.05, 4.69) is 16.5 Å². The summed E-state index contributed by atoms with van der Waals surface area (Å²) in [7, 11) is 0. The van der Waals surface area contributed by atoms with Crippen LogP contribution >= 0.6 is 23.5 Å². The van der Waals surface area contributed by atoms with Crippen molar-refractivity contribution >= 4 is 46.6 Å². The van der Waals surface area contributed by atoms with Gasteiger partial charge in [0.2, 0.25) is 0 Å². The molecule has 2 unspecified atom stereocenters. The fourth-order valence-electron chi connectivity index (χ4n) is 5.01. The van der Waals surface area contributed by atoms with E-state index < -0.39 is 0 Å². The van der Waals surface area contributed by atoms with Crippen LogP contribution in [-0.2, 0) is 0 Å². The molecule has 2 saturated heterocycles. The van der Waals surface area contributed by atoms with E-state index in [9.17, 15) is 4.79 Å². The van der Waals surface area contributed by atoms with E-state index in [4.69, 9.17) is 27.4 Å². The number of piperidine rings is 1. The third-order valence-corrected chi connectivity index (χ3v) is 7.34. The first-order valence-electron chi connectivity index (χ1n) is 11.7. The molecule has 8 nitrogen and oxygen atoms in total. The Labute approximate surface area is 209 Å². The number of benzene rings is 1. The molecular formula is C24H30ClN7OS. The third-order valence-electron chi connectivity index (χ3n) is 6.68. The second-order valence-corrected chi connectivity index (χ2v) is 10.2. The first-order valence-corrected chi connectivity index (χ1v) is 13.3. The fraction of sp³-hybridized carbons (Fsp3) is 0.458. The van der Waals surface area contributed by atoms with Crippen LogP contribution in [0.15, 0.2) is 30.5 Å². The summed E-state index contributed by atoms with van der Waals surface area (Å²) in [4.78, 5) is 22.8. The maximum atomic E-state index is 13.7. The van der Waals surface area contributed by atoms with Crippen molar-refractivity contribution in [1.82, 2.24) is 19.5 Å². The van der Waals surface area contributed by atoms with Gasteiger partial charge in [-0.05, 0) is 50.8 Å². The van der Waals surface area contributed by atoms with Crippen LogP contribution in [0.5, 0.6) is 0 Å². The lowest BCUT2D eigenvalue weighted by Crippen LogP contribution is -2.39. The first-order chi connectivity index (χ1) is 16.4. The van der Waals surface area contributed by atoms with Crippen molar-refractivity contribution in [2.24, 2.45) is 5.73 Å². The smallest absolute Gasteiger partial charge is 0.256 e. The number of anilines is 2. The number of nitrogens with two attached hydrogens (primary N) is 1. The molecule has 2 atom stereocenters. The number of aryl methyl sites for hydroxylation is 1. The molecule has 1 amide bonds. The summed E-state index contributed by atoms with van der Waals surface area (Å²) in [6, 6.07) is 7.51. The number of carbonyl (C=O) groups excluding carboxylic acids is 1. The van der Waals surface area contributed by atoms with Gasteiger partial charge in [-0.2, -0.15) is 5.10 Å². The zero-order valence-corrected chi connectivity index (χ0v) is 21.1. The van der Waals surface area contributed by atoms with Gasteiger partial charge in [0.25, 0.3) is 5.91 Å². The molecular weight excluding hydrogens is 470 g/mol. The van der Waals surface area contributed by atoms with Crippen molar-refractivity contribution in [1.29, 1.82) is 0 Å². The lowest BCUT2D eigenvalue weighted by atomic mass is 9.98. The summed E-state index contributed by atoms with van der Waals surface area (Å²) in [5.74, 6) is 0.937. The van der Waals surface area contributed by atoms with E-state index in [1.807, 2.05) is 34.0 Å². The van der Waals surface area contributed by atoms with Gasteiger partial charge < -0.3 is 20.3 Å². The summed E-state index contributed by atoms with van der Waals surface area (Å²) >= 11 is 7.71. The Balaban J connectivity index is 1.48. The molecule has 5 rings (SSSR count). The Morgan fingerprint density at radius 1 is 1.24 bits per heavy atom. The summed E-state index contributed by atoms with van der Waals surface area (Å²) in [5, 5.41) is 5.40. The SMILES string of the molecule is CSNc1ccc(Cl)cc1C(=O)N1CCCCC1c1cc2nc(N3CCC(N)C3)c(C)cn2n1. The van der Waals surface area contributed by atoms with Gasteiger partial charge in [-0.25, -0.2) is 9.50 Å². The van der Waals surface area contributed by atoms with Gasteiger partial charge in [-0.3, -0.25) is 4.79 Å². The number of nitrogens with one attached hydrogen (secondary N) is 1. The van der Waals surface area contributed by atoms with Crippen molar-refractivity contribution < 1.29 is 4.79 Å². The Morgan fingerprint density at radius 2 is 2.09 bits per heavy atom. The van der Waals surface area contributed by atoms with Crippen molar-refractivity contribution in [3.63, 3.8) is 0 Å². The fourth-order valence-corrected chi connectivity index (χ4v) is 5.58.